The molecule has 504 valence electrons. The number of aromatic amines is 1. The summed E-state index contributed by atoms with van der Waals surface area (Å²) in [5, 5.41) is 12.1. The number of nitrogens with one attached hydrogen (secondary N) is 5. The number of hydrogen-bond donors (Lipinski definition) is 5. The Bertz CT molecular complexity index is 5080. The second kappa shape index (κ2) is 28.6. The van der Waals surface area contributed by atoms with Gasteiger partial charge >= 0.3 is 0 Å². The van der Waals surface area contributed by atoms with E-state index in [1.165, 1.54) is 42.7 Å². The van der Waals surface area contributed by atoms with Crippen molar-refractivity contribution in [2.24, 2.45) is 0 Å². The minimum Gasteiger partial charge on any atom is -0.383 e. The largest absolute Gasteiger partial charge is 0.383 e. The lowest BCUT2D eigenvalue weighted by molar-refractivity contribution is 0.0743. The van der Waals surface area contributed by atoms with Crippen LogP contribution < -0.4 is 31.7 Å². The summed E-state index contributed by atoms with van der Waals surface area (Å²) >= 11 is 0. The normalized spacial score (nSPS) is 15.6. The summed E-state index contributed by atoms with van der Waals surface area (Å²) in [5.74, 6) is -0.0657. The van der Waals surface area contributed by atoms with Crippen molar-refractivity contribution < 1.29 is 23.9 Å². The van der Waals surface area contributed by atoms with Crippen molar-refractivity contribution in [3.05, 3.63) is 278 Å². The number of amides is 4. The van der Waals surface area contributed by atoms with E-state index in [2.05, 4.69) is 137 Å². The fourth-order valence-corrected chi connectivity index (χ4v) is 14.1. The standard InChI is InChI=1S/C27H25N5O2.C27H26N4O3.C26H27N5O/c33-26(31-22-9-10-28-16-22)18-3-1-17(2-4-18)13-20-6-8-24(32-12-11-29-25(20)32)19-5-7-23-21(14-19)15-30-27(23)34;1-30(13-14-34-2)27(33)19-5-3-18(4-6-19)15-21-8-10-24(31-12-11-28-25(21)31)20-7-9-23-22(16-20)17-29-26(23)32;32-25-18-20(9-10-27-25)24-8-3-21(26-28-11-12-31(24)26)17-19-1-4-22(5-2-19)29-13-15-30(16-14-29)23-6-7-23/h1-8,11-12,14,22,28H,9-10,13,15-16H2,(H,30,34)(H,31,33);3-12,16H,13-15,17H2,1-2H3,(H,29,32);1-5,8-12,18,23H,6-7,13-17H2,(H,27,32). The SMILES string of the molecule is COCCN(C)C(=O)c1ccc(Cc2ccc(-c3ccc4c(c3)CNC4=O)n3ccnc23)cc1.O=C(NC1CCNC1)c1ccc(Cc2ccc(-c3ccc4c(c3)CNC4=O)n3ccnc23)cc1.O=c1cc(-c2ccc(Cc3ccc(N4CCN(C5CC5)CC4)cc3)c3nccn23)cc[nH]1. The van der Waals surface area contributed by atoms with Gasteiger partial charge in [0.2, 0.25) is 5.56 Å². The smallest absolute Gasteiger partial charge is 0.253 e. The molecule has 12 aromatic rings. The lowest BCUT2D eigenvalue weighted by atomic mass is 10.0. The van der Waals surface area contributed by atoms with Crippen LogP contribution in [0, 0.1) is 0 Å². The maximum atomic E-state index is 12.6. The number of pyridine rings is 4. The monoisotopic (exact) mass is 1330 g/mol. The molecule has 7 aromatic heterocycles. The van der Waals surface area contributed by atoms with Gasteiger partial charge in [0.05, 0.1) is 23.7 Å². The molecule has 5 aliphatic rings. The van der Waals surface area contributed by atoms with E-state index in [0.717, 1.165) is 147 Å². The Balaban J connectivity index is 0.000000122. The van der Waals surface area contributed by atoms with Crippen LogP contribution in [0.25, 0.3) is 50.7 Å². The third-order valence-corrected chi connectivity index (χ3v) is 19.8. The van der Waals surface area contributed by atoms with Gasteiger partial charge in [-0.2, -0.15) is 0 Å². The summed E-state index contributed by atoms with van der Waals surface area (Å²) in [7, 11) is 3.41. The number of H-pyrrole nitrogens is 1. The molecule has 0 radical (unpaired) electrons. The topological polar surface area (TPSA) is 220 Å². The van der Waals surface area contributed by atoms with Crippen molar-refractivity contribution in [2.75, 3.05) is 71.5 Å². The molecule has 1 unspecified atom stereocenters. The second-order valence-corrected chi connectivity index (χ2v) is 26.4. The van der Waals surface area contributed by atoms with Gasteiger partial charge in [-0.25, -0.2) is 15.0 Å². The Hall–Kier alpha value is -11.3. The number of methoxy groups -OCH3 is 1. The number of carbonyl (C=O) groups excluding carboxylic acids is 4. The Morgan fingerprint density at radius 3 is 1.52 bits per heavy atom. The molecule has 4 aliphatic heterocycles. The van der Waals surface area contributed by atoms with Gasteiger partial charge in [0.15, 0.2) is 0 Å². The van der Waals surface area contributed by atoms with E-state index in [4.69, 9.17) is 4.74 Å². The van der Waals surface area contributed by atoms with Crippen molar-refractivity contribution in [1.29, 1.82) is 0 Å². The number of imidazole rings is 3. The van der Waals surface area contributed by atoms with Crippen molar-refractivity contribution in [3.63, 3.8) is 0 Å². The third kappa shape index (κ3) is 13.9. The Morgan fingerprint density at radius 2 is 1.05 bits per heavy atom. The number of rotatable bonds is 17. The lowest BCUT2D eigenvalue weighted by Gasteiger charge is -2.36. The predicted octanol–water partition coefficient (Wildman–Crippen LogP) is 10.0. The van der Waals surface area contributed by atoms with Crippen LogP contribution in [0.1, 0.15) is 105 Å². The minimum atomic E-state index is -0.103. The first-order valence-corrected chi connectivity index (χ1v) is 34.3. The van der Waals surface area contributed by atoms with Crippen LogP contribution in [0.4, 0.5) is 5.69 Å². The van der Waals surface area contributed by atoms with E-state index in [1.807, 2.05) is 110 Å². The highest BCUT2D eigenvalue weighted by Gasteiger charge is 2.31. The lowest BCUT2D eigenvalue weighted by Crippen LogP contribution is -2.47. The Kier molecular flexibility index (Phi) is 18.5. The fraction of sp³-hybridized carbons (Fsp3) is 0.250. The zero-order valence-electron chi connectivity index (χ0n) is 56.0. The quantitative estimate of drug-likeness (QED) is 0.0575. The van der Waals surface area contributed by atoms with E-state index >= 15 is 0 Å². The zero-order valence-corrected chi connectivity index (χ0v) is 56.0. The van der Waals surface area contributed by atoms with Crippen molar-refractivity contribution in [2.45, 2.75) is 63.7 Å². The van der Waals surface area contributed by atoms with E-state index in [9.17, 15) is 24.0 Å². The summed E-state index contributed by atoms with van der Waals surface area (Å²) in [6.07, 6.45) is 19.0. The van der Waals surface area contributed by atoms with Gasteiger partial charge in [-0.3, -0.25) is 42.1 Å². The molecule has 100 heavy (non-hydrogen) atoms. The van der Waals surface area contributed by atoms with Crippen molar-refractivity contribution in [1.82, 2.24) is 64.2 Å². The van der Waals surface area contributed by atoms with Gasteiger partial charge < -0.3 is 40.8 Å². The average Bonchev–Trinajstić information content (AvgIpc) is 1.65. The molecular formula is C80H78N14O6. The summed E-state index contributed by atoms with van der Waals surface area (Å²) < 4.78 is 11.3. The number of fused-ring (bicyclic) bond motifs is 5. The van der Waals surface area contributed by atoms with Gasteiger partial charge in [0.1, 0.15) is 16.9 Å². The van der Waals surface area contributed by atoms with Crippen molar-refractivity contribution in [3.8, 4) is 33.8 Å². The second-order valence-electron chi connectivity index (χ2n) is 26.4. The van der Waals surface area contributed by atoms with Gasteiger partial charge in [-0.15, -0.1) is 0 Å². The number of aromatic nitrogens is 7. The number of hydrogen-bond acceptors (Lipinski definition) is 12. The maximum absolute atomic E-state index is 12.6. The molecule has 5 N–H and O–H groups in total. The number of carbonyl (C=O) groups is 4. The Morgan fingerprint density at radius 1 is 0.560 bits per heavy atom. The first-order valence-electron chi connectivity index (χ1n) is 34.3. The molecule has 1 aliphatic carbocycles. The van der Waals surface area contributed by atoms with Crippen LogP contribution in [-0.4, -0.2) is 145 Å². The van der Waals surface area contributed by atoms with Crippen LogP contribution in [0.15, 0.2) is 206 Å². The minimum absolute atomic E-state index is 0.0104. The molecule has 3 fully saturated rings. The van der Waals surface area contributed by atoms with Gasteiger partial charge in [0.25, 0.3) is 23.6 Å². The zero-order chi connectivity index (χ0) is 68.2. The molecule has 1 atom stereocenters. The number of ether oxygens (including phenoxy) is 1. The highest BCUT2D eigenvalue weighted by atomic mass is 16.5. The molecular weight excluding hydrogens is 1250 g/mol. The molecule has 11 heterocycles. The molecule has 20 nitrogen and oxygen atoms in total. The number of likely N-dealkylation sites (N-methyl/N-ethyl adjacent to an activating group) is 1. The van der Waals surface area contributed by atoms with E-state index in [-0.39, 0.29) is 35.2 Å². The van der Waals surface area contributed by atoms with Gasteiger partial charge in [-0.05, 0) is 166 Å². The fourth-order valence-electron chi connectivity index (χ4n) is 14.1. The number of nitrogens with zero attached hydrogens (tertiary/aromatic N) is 9. The average molecular weight is 1330 g/mol. The molecule has 1 saturated carbocycles. The number of benzene rings is 5. The molecule has 2 saturated heterocycles. The van der Waals surface area contributed by atoms with Crippen LogP contribution >= 0.6 is 0 Å². The van der Waals surface area contributed by atoms with Crippen LogP contribution in [-0.2, 0) is 37.1 Å². The molecule has 4 amide bonds. The molecule has 0 spiro atoms. The summed E-state index contributed by atoms with van der Waals surface area (Å²) in [5.41, 5.74) is 21.7. The van der Waals surface area contributed by atoms with E-state index in [1.54, 1.807) is 37.5 Å². The van der Waals surface area contributed by atoms with Crippen LogP contribution in [0.2, 0.25) is 0 Å². The van der Waals surface area contributed by atoms with Crippen LogP contribution in [0.3, 0.4) is 0 Å². The first-order chi connectivity index (χ1) is 48.9. The van der Waals surface area contributed by atoms with Gasteiger partial charge in [0, 0.05) is 181 Å². The Labute approximate surface area is 578 Å². The molecule has 5 aromatic carbocycles. The highest BCUT2D eigenvalue weighted by molar-refractivity contribution is 6.00. The van der Waals surface area contributed by atoms with Gasteiger partial charge in [-0.1, -0.05) is 66.7 Å². The van der Waals surface area contributed by atoms with E-state index in [0.29, 0.717) is 43.8 Å². The van der Waals surface area contributed by atoms with Crippen molar-refractivity contribution >= 4 is 46.3 Å². The first kappa shape index (κ1) is 64.7. The number of piperazine rings is 1. The molecule has 17 rings (SSSR count). The predicted molar refractivity (Wildman–Crippen MR) is 387 cm³/mol. The summed E-state index contributed by atoms with van der Waals surface area (Å²) in [6, 6.07) is 53.7. The number of anilines is 1. The maximum Gasteiger partial charge on any atom is 0.253 e. The molecule has 20 heteroatoms. The van der Waals surface area contributed by atoms with E-state index < -0.39 is 0 Å². The molecule has 0 bridgehead atoms. The van der Waals surface area contributed by atoms with Crippen LogP contribution in [0.5, 0.6) is 0 Å². The summed E-state index contributed by atoms with van der Waals surface area (Å²) in [4.78, 5) is 83.9. The highest BCUT2D eigenvalue weighted by Crippen LogP contribution is 2.33. The summed E-state index contributed by atoms with van der Waals surface area (Å²) in [6.45, 7) is 8.59. The third-order valence-electron chi connectivity index (χ3n) is 19.8.